The largest absolute Gasteiger partial charge is 0.445 e. The molecule has 2 fully saturated rings. The van der Waals surface area contributed by atoms with Gasteiger partial charge in [0, 0.05) is 68.9 Å². The molecule has 0 spiro atoms. The molecular formula is C28H35N5O2. The number of piperidine rings is 1. The third-order valence-corrected chi connectivity index (χ3v) is 7.30. The number of hydrogen-bond donors (Lipinski definition) is 0. The Kier molecular flexibility index (Phi) is 6.86. The number of hydrogen-bond acceptors (Lipinski definition) is 6. The fraction of sp³-hybridized carbons (Fsp3) is 0.464. The number of rotatable bonds is 6. The molecule has 5 rings (SSSR count). The zero-order chi connectivity index (χ0) is 24.4. The van der Waals surface area contributed by atoms with Gasteiger partial charge in [-0.05, 0) is 51.1 Å². The summed E-state index contributed by atoms with van der Waals surface area (Å²) in [6.45, 7) is 8.83. The van der Waals surface area contributed by atoms with Gasteiger partial charge in [0.1, 0.15) is 11.5 Å². The number of nitrogens with zero attached hydrogens (tertiary/aromatic N) is 5. The van der Waals surface area contributed by atoms with Crippen molar-refractivity contribution in [1.29, 1.82) is 0 Å². The minimum atomic E-state index is -0.0468. The van der Waals surface area contributed by atoms with Gasteiger partial charge in [-0.3, -0.25) is 9.78 Å². The molecule has 2 aliphatic rings. The smallest absolute Gasteiger partial charge is 0.230 e. The average molecular weight is 474 g/mol. The molecule has 1 unspecified atom stereocenters. The van der Waals surface area contributed by atoms with E-state index in [9.17, 15) is 4.79 Å². The van der Waals surface area contributed by atoms with E-state index in [0.717, 1.165) is 86.3 Å². The molecule has 7 heteroatoms. The number of oxazole rings is 1. The second kappa shape index (κ2) is 10.2. The van der Waals surface area contributed by atoms with Crippen LogP contribution in [0.2, 0.25) is 0 Å². The zero-order valence-corrected chi connectivity index (χ0v) is 21.0. The Labute approximate surface area is 207 Å². The minimum Gasteiger partial charge on any atom is -0.445 e. The van der Waals surface area contributed by atoms with Gasteiger partial charge in [0.2, 0.25) is 5.91 Å². The van der Waals surface area contributed by atoms with Crippen LogP contribution in [-0.4, -0.2) is 60.5 Å². The van der Waals surface area contributed by atoms with Gasteiger partial charge < -0.3 is 19.1 Å². The molecule has 0 bridgehead atoms. The lowest BCUT2D eigenvalue weighted by atomic mass is 9.91. The number of likely N-dealkylation sites (N-methyl/N-ethyl adjacent to an activating group) is 1. The van der Waals surface area contributed by atoms with Crippen molar-refractivity contribution in [3.8, 4) is 11.3 Å². The highest BCUT2D eigenvalue weighted by Gasteiger charge is 2.31. The fourth-order valence-electron chi connectivity index (χ4n) is 5.22. The van der Waals surface area contributed by atoms with Crippen molar-refractivity contribution in [3.05, 3.63) is 59.9 Å². The average Bonchev–Trinajstić information content (AvgIpc) is 3.27. The van der Waals surface area contributed by atoms with E-state index in [4.69, 9.17) is 9.40 Å². The van der Waals surface area contributed by atoms with Crippen LogP contribution >= 0.6 is 0 Å². The second-order valence-corrected chi connectivity index (χ2v) is 9.71. The van der Waals surface area contributed by atoms with Crippen LogP contribution in [0.3, 0.4) is 0 Å². The number of piperazine rings is 1. The van der Waals surface area contributed by atoms with Crippen LogP contribution in [0.5, 0.6) is 0 Å². The van der Waals surface area contributed by atoms with E-state index in [1.165, 1.54) is 5.69 Å². The maximum atomic E-state index is 13.6. The molecule has 7 nitrogen and oxygen atoms in total. The minimum absolute atomic E-state index is 0.0468. The summed E-state index contributed by atoms with van der Waals surface area (Å²) in [7, 11) is 2.17. The Hall–Kier alpha value is -3.19. The Morgan fingerprint density at radius 2 is 1.83 bits per heavy atom. The molecule has 3 aromatic rings. The van der Waals surface area contributed by atoms with E-state index < -0.39 is 0 Å². The molecule has 2 saturated heterocycles. The lowest BCUT2D eigenvalue weighted by Gasteiger charge is -2.36. The maximum absolute atomic E-state index is 13.6. The summed E-state index contributed by atoms with van der Waals surface area (Å²) in [5.41, 5.74) is 5.06. The van der Waals surface area contributed by atoms with Gasteiger partial charge >= 0.3 is 0 Å². The van der Waals surface area contributed by atoms with Crippen molar-refractivity contribution in [2.75, 3.05) is 49.6 Å². The number of pyridine rings is 1. The first-order valence-electron chi connectivity index (χ1n) is 12.8. The van der Waals surface area contributed by atoms with E-state index in [1.54, 1.807) is 0 Å². The first kappa shape index (κ1) is 23.5. The lowest BCUT2D eigenvalue weighted by molar-refractivity contribution is -0.123. The van der Waals surface area contributed by atoms with E-state index in [0.29, 0.717) is 6.42 Å². The standard InChI is InChI=1S/C28H35N5O2/c1-4-26-30-27(20(2)35-26)21-9-11-23(12-10-21)33-14-6-7-22(28(33)34)19-24-25(8-5-13-29-24)32-17-15-31(3)16-18-32/h5,8-13,22H,4,6-7,14-19H2,1-3H3. The summed E-state index contributed by atoms with van der Waals surface area (Å²) in [4.78, 5) is 29.6. The number of carbonyl (C=O) groups is 1. The van der Waals surface area contributed by atoms with Crippen LogP contribution in [0, 0.1) is 12.8 Å². The number of aryl methyl sites for hydroxylation is 2. The molecule has 4 heterocycles. The fourth-order valence-corrected chi connectivity index (χ4v) is 5.22. The van der Waals surface area contributed by atoms with Gasteiger partial charge in [0.05, 0.1) is 11.4 Å². The molecule has 0 N–H and O–H groups in total. The third-order valence-electron chi connectivity index (χ3n) is 7.30. The topological polar surface area (TPSA) is 65.7 Å². The number of amides is 1. The Morgan fingerprint density at radius 3 is 2.54 bits per heavy atom. The third kappa shape index (κ3) is 4.96. The summed E-state index contributed by atoms with van der Waals surface area (Å²) < 4.78 is 5.72. The maximum Gasteiger partial charge on any atom is 0.230 e. The van der Waals surface area contributed by atoms with Gasteiger partial charge in [-0.2, -0.15) is 0 Å². The van der Waals surface area contributed by atoms with Crippen molar-refractivity contribution < 1.29 is 9.21 Å². The summed E-state index contributed by atoms with van der Waals surface area (Å²) in [5, 5.41) is 0. The lowest BCUT2D eigenvalue weighted by Crippen LogP contribution is -2.45. The zero-order valence-electron chi connectivity index (χ0n) is 21.0. The quantitative estimate of drug-likeness (QED) is 0.531. The highest BCUT2D eigenvalue weighted by Crippen LogP contribution is 2.31. The molecular weight excluding hydrogens is 438 g/mol. The highest BCUT2D eigenvalue weighted by molar-refractivity contribution is 5.96. The number of aromatic nitrogens is 2. The Bertz CT molecular complexity index is 1160. The first-order valence-corrected chi connectivity index (χ1v) is 12.8. The number of carbonyl (C=O) groups excluding carboxylic acids is 1. The predicted octanol–water partition coefficient (Wildman–Crippen LogP) is 4.34. The van der Waals surface area contributed by atoms with Crippen LogP contribution in [0.4, 0.5) is 11.4 Å². The van der Waals surface area contributed by atoms with Crippen LogP contribution in [0.15, 0.2) is 47.0 Å². The number of benzene rings is 1. The SMILES string of the molecule is CCc1nc(-c2ccc(N3CCCC(Cc4ncccc4N4CCN(C)CC4)C3=O)cc2)c(C)o1. The Morgan fingerprint density at radius 1 is 1.06 bits per heavy atom. The molecule has 35 heavy (non-hydrogen) atoms. The van der Waals surface area contributed by atoms with Gasteiger partial charge in [0.25, 0.3) is 0 Å². The monoisotopic (exact) mass is 473 g/mol. The molecule has 0 saturated carbocycles. The summed E-state index contributed by atoms with van der Waals surface area (Å²) >= 11 is 0. The van der Waals surface area contributed by atoms with Gasteiger partial charge in [-0.1, -0.05) is 19.1 Å². The second-order valence-electron chi connectivity index (χ2n) is 9.71. The van der Waals surface area contributed by atoms with Crippen molar-refractivity contribution >= 4 is 17.3 Å². The van der Waals surface area contributed by atoms with E-state index in [1.807, 2.05) is 55.3 Å². The molecule has 0 radical (unpaired) electrons. The molecule has 0 aliphatic carbocycles. The van der Waals surface area contributed by atoms with E-state index in [2.05, 4.69) is 27.9 Å². The first-order chi connectivity index (χ1) is 17.0. The van der Waals surface area contributed by atoms with Crippen molar-refractivity contribution in [3.63, 3.8) is 0 Å². The molecule has 2 aromatic heterocycles. The van der Waals surface area contributed by atoms with Gasteiger partial charge in [-0.15, -0.1) is 0 Å². The van der Waals surface area contributed by atoms with Crippen molar-refractivity contribution in [2.45, 2.75) is 39.5 Å². The molecule has 1 aromatic carbocycles. The van der Waals surface area contributed by atoms with Crippen LogP contribution in [0.1, 0.15) is 37.1 Å². The van der Waals surface area contributed by atoms with E-state index in [-0.39, 0.29) is 11.8 Å². The molecule has 1 atom stereocenters. The van der Waals surface area contributed by atoms with E-state index >= 15 is 0 Å². The van der Waals surface area contributed by atoms with Gasteiger partial charge in [-0.25, -0.2) is 4.98 Å². The van der Waals surface area contributed by atoms with Crippen molar-refractivity contribution in [2.24, 2.45) is 5.92 Å². The van der Waals surface area contributed by atoms with Gasteiger partial charge in [0.15, 0.2) is 5.89 Å². The van der Waals surface area contributed by atoms with Crippen LogP contribution < -0.4 is 9.80 Å². The summed E-state index contributed by atoms with van der Waals surface area (Å²) in [6.07, 6.45) is 5.22. The molecule has 2 aliphatic heterocycles. The normalized spacial score (nSPS) is 19.4. The molecule has 1 amide bonds. The number of anilines is 2. The van der Waals surface area contributed by atoms with Crippen molar-refractivity contribution in [1.82, 2.24) is 14.9 Å². The molecule has 184 valence electrons. The summed E-state index contributed by atoms with van der Waals surface area (Å²) in [5.74, 6) is 1.73. The summed E-state index contributed by atoms with van der Waals surface area (Å²) in [6, 6.07) is 12.3. The highest BCUT2D eigenvalue weighted by atomic mass is 16.4. The van der Waals surface area contributed by atoms with Crippen LogP contribution in [0.25, 0.3) is 11.3 Å². The Balaban J connectivity index is 1.31. The predicted molar refractivity (Wildman–Crippen MR) is 139 cm³/mol. The van der Waals surface area contributed by atoms with Crippen LogP contribution in [-0.2, 0) is 17.6 Å².